The maximum atomic E-state index is 12.8. The van der Waals surface area contributed by atoms with Crippen molar-refractivity contribution in [1.82, 2.24) is 5.32 Å². The lowest BCUT2D eigenvalue weighted by atomic mass is 9.96. The molecule has 0 saturated heterocycles. The maximum absolute atomic E-state index is 12.8. The molecule has 150 valence electrons. The van der Waals surface area contributed by atoms with Crippen molar-refractivity contribution in [3.8, 4) is 5.75 Å². The van der Waals surface area contributed by atoms with Crippen LogP contribution in [0.5, 0.6) is 5.75 Å². The highest BCUT2D eigenvalue weighted by atomic mass is 35.5. The third-order valence-corrected chi connectivity index (χ3v) is 5.05. The van der Waals surface area contributed by atoms with Crippen molar-refractivity contribution >= 4 is 17.5 Å². The molecule has 1 amide bonds. The molecule has 0 spiro atoms. The van der Waals surface area contributed by atoms with Crippen molar-refractivity contribution in [3.63, 3.8) is 0 Å². The Bertz CT molecular complexity index is 923. The largest absolute Gasteiger partial charge is 0.489 e. The Morgan fingerprint density at radius 3 is 2.24 bits per heavy atom. The first-order valence-corrected chi connectivity index (χ1v) is 10.2. The van der Waals surface area contributed by atoms with Gasteiger partial charge in [0.15, 0.2) is 0 Å². The van der Waals surface area contributed by atoms with Crippen LogP contribution < -0.4 is 10.1 Å². The predicted octanol–water partition coefficient (Wildman–Crippen LogP) is 6.44. The van der Waals surface area contributed by atoms with Gasteiger partial charge < -0.3 is 10.1 Å². The van der Waals surface area contributed by atoms with E-state index in [1.54, 1.807) is 12.1 Å². The summed E-state index contributed by atoms with van der Waals surface area (Å²) in [6, 6.07) is 24.9. The van der Waals surface area contributed by atoms with Crippen LogP contribution in [0.1, 0.15) is 47.8 Å². The highest BCUT2D eigenvalue weighted by Gasteiger charge is 2.17. The number of carbonyl (C=O) groups is 1. The molecule has 3 rings (SSSR count). The third-order valence-electron chi connectivity index (χ3n) is 4.68. The first-order chi connectivity index (χ1) is 14.0. The molecule has 0 aliphatic rings. The van der Waals surface area contributed by atoms with Crippen LogP contribution in [-0.4, -0.2) is 5.91 Å². The van der Waals surface area contributed by atoms with E-state index in [0.717, 1.165) is 17.5 Å². The summed E-state index contributed by atoms with van der Waals surface area (Å²) in [5.74, 6) is 1.08. The summed E-state index contributed by atoms with van der Waals surface area (Å²) >= 11 is 6.16. The first kappa shape index (κ1) is 20.9. The van der Waals surface area contributed by atoms with E-state index >= 15 is 0 Å². The van der Waals surface area contributed by atoms with E-state index in [1.165, 1.54) is 0 Å². The summed E-state index contributed by atoms with van der Waals surface area (Å²) in [5, 5.41) is 3.85. The molecule has 0 saturated carbocycles. The molecule has 0 bridgehead atoms. The Morgan fingerprint density at radius 2 is 1.59 bits per heavy atom. The zero-order chi connectivity index (χ0) is 20.6. The van der Waals surface area contributed by atoms with Gasteiger partial charge in [0.1, 0.15) is 12.4 Å². The molecular weight excluding hydrogens is 382 g/mol. The topological polar surface area (TPSA) is 38.3 Å². The average molecular weight is 408 g/mol. The van der Waals surface area contributed by atoms with Crippen LogP contribution in [0.2, 0.25) is 5.02 Å². The maximum Gasteiger partial charge on any atom is 0.251 e. The summed E-state index contributed by atoms with van der Waals surface area (Å²) < 4.78 is 5.79. The van der Waals surface area contributed by atoms with Gasteiger partial charge in [0.05, 0.1) is 6.04 Å². The lowest BCUT2D eigenvalue weighted by molar-refractivity contribution is 0.0932. The van der Waals surface area contributed by atoms with Gasteiger partial charge in [-0.15, -0.1) is 0 Å². The molecule has 0 aromatic heterocycles. The van der Waals surface area contributed by atoms with Crippen LogP contribution in [0, 0.1) is 5.92 Å². The number of halogens is 1. The van der Waals surface area contributed by atoms with E-state index < -0.39 is 0 Å². The molecule has 0 fully saturated rings. The highest BCUT2D eigenvalue weighted by Crippen LogP contribution is 2.23. The van der Waals surface area contributed by atoms with E-state index in [2.05, 4.69) is 31.3 Å². The van der Waals surface area contributed by atoms with Crippen LogP contribution in [0.3, 0.4) is 0 Å². The van der Waals surface area contributed by atoms with Gasteiger partial charge in [-0.2, -0.15) is 0 Å². The van der Waals surface area contributed by atoms with Gasteiger partial charge in [-0.05, 0) is 48.2 Å². The second-order valence-corrected chi connectivity index (χ2v) is 7.88. The number of carbonyl (C=O) groups excluding carboxylic acids is 1. The fourth-order valence-electron chi connectivity index (χ4n) is 3.16. The molecule has 3 aromatic rings. The monoisotopic (exact) mass is 407 g/mol. The van der Waals surface area contributed by atoms with E-state index in [0.29, 0.717) is 28.9 Å². The molecular formula is C25H26ClNO2. The van der Waals surface area contributed by atoms with Crippen LogP contribution in [0.4, 0.5) is 0 Å². The minimum atomic E-state index is -0.0860. The second-order valence-electron chi connectivity index (χ2n) is 7.47. The van der Waals surface area contributed by atoms with Gasteiger partial charge in [0, 0.05) is 16.1 Å². The molecule has 0 heterocycles. The first-order valence-electron chi connectivity index (χ1n) is 9.85. The number of hydrogen-bond acceptors (Lipinski definition) is 2. The van der Waals surface area contributed by atoms with Gasteiger partial charge in [-0.1, -0.05) is 74.0 Å². The summed E-state index contributed by atoms with van der Waals surface area (Å²) in [5.41, 5.74) is 2.66. The van der Waals surface area contributed by atoms with E-state index in [4.69, 9.17) is 16.3 Å². The van der Waals surface area contributed by atoms with Crippen molar-refractivity contribution in [3.05, 3.63) is 101 Å². The summed E-state index contributed by atoms with van der Waals surface area (Å²) in [4.78, 5) is 12.8. The lowest BCUT2D eigenvalue weighted by Gasteiger charge is -2.21. The Hall–Kier alpha value is -2.78. The van der Waals surface area contributed by atoms with E-state index in [-0.39, 0.29) is 11.9 Å². The molecule has 4 heteroatoms. The van der Waals surface area contributed by atoms with Crippen molar-refractivity contribution in [2.45, 2.75) is 32.9 Å². The quantitative estimate of drug-likeness (QED) is 0.466. The van der Waals surface area contributed by atoms with Crippen LogP contribution in [-0.2, 0) is 6.61 Å². The average Bonchev–Trinajstić information content (AvgIpc) is 2.73. The number of nitrogens with one attached hydrogen (secondary N) is 1. The Kier molecular flexibility index (Phi) is 7.31. The number of rotatable bonds is 8. The van der Waals surface area contributed by atoms with Crippen LogP contribution in [0.25, 0.3) is 0 Å². The Labute approximate surface area is 177 Å². The van der Waals surface area contributed by atoms with Gasteiger partial charge in [0.25, 0.3) is 5.91 Å². The molecule has 0 aliphatic heterocycles. The fourth-order valence-corrected chi connectivity index (χ4v) is 3.35. The predicted molar refractivity (Wildman–Crippen MR) is 118 cm³/mol. The number of benzene rings is 3. The van der Waals surface area contributed by atoms with Gasteiger partial charge in [-0.25, -0.2) is 0 Å². The van der Waals surface area contributed by atoms with Crippen LogP contribution in [0.15, 0.2) is 78.9 Å². The summed E-state index contributed by atoms with van der Waals surface area (Å²) in [6.07, 6.45) is 0.884. The zero-order valence-electron chi connectivity index (χ0n) is 16.8. The number of hydrogen-bond donors (Lipinski definition) is 1. The third kappa shape index (κ3) is 6.10. The molecule has 1 N–H and O–H groups in total. The zero-order valence-corrected chi connectivity index (χ0v) is 17.5. The van der Waals surface area contributed by atoms with E-state index in [1.807, 2.05) is 54.6 Å². The molecule has 3 nitrogen and oxygen atoms in total. The van der Waals surface area contributed by atoms with Gasteiger partial charge >= 0.3 is 0 Å². The van der Waals surface area contributed by atoms with Crippen molar-refractivity contribution in [1.29, 1.82) is 0 Å². The standard InChI is InChI=1S/C25H26ClNO2/c1-18(2)16-24(19-8-4-3-5-9-19)27-25(28)20-12-14-22(15-13-20)29-17-21-10-6-7-11-23(21)26/h3-15,18,24H,16-17H2,1-2H3,(H,27,28)/t24-/m0/s1. The minimum absolute atomic E-state index is 0.0140. The van der Waals surface area contributed by atoms with Crippen molar-refractivity contribution in [2.24, 2.45) is 5.92 Å². The molecule has 3 aromatic carbocycles. The normalized spacial score (nSPS) is 11.9. The summed E-state index contributed by atoms with van der Waals surface area (Å²) in [7, 11) is 0. The van der Waals surface area contributed by atoms with Gasteiger partial charge in [0.2, 0.25) is 0 Å². The lowest BCUT2D eigenvalue weighted by Crippen LogP contribution is -2.29. The Morgan fingerprint density at radius 1 is 0.931 bits per heavy atom. The van der Waals surface area contributed by atoms with E-state index in [9.17, 15) is 4.79 Å². The SMILES string of the molecule is CC(C)C[C@H](NC(=O)c1ccc(OCc2ccccc2Cl)cc1)c1ccccc1. The van der Waals surface area contributed by atoms with Crippen LogP contribution >= 0.6 is 11.6 Å². The summed E-state index contributed by atoms with van der Waals surface area (Å²) in [6.45, 7) is 4.70. The second kappa shape index (κ2) is 10.1. The molecule has 0 aliphatic carbocycles. The van der Waals surface area contributed by atoms with Gasteiger partial charge in [-0.3, -0.25) is 4.79 Å². The van der Waals surface area contributed by atoms with Crippen molar-refractivity contribution < 1.29 is 9.53 Å². The Balaban J connectivity index is 1.63. The molecule has 29 heavy (non-hydrogen) atoms. The minimum Gasteiger partial charge on any atom is -0.489 e. The molecule has 0 unspecified atom stereocenters. The molecule has 1 atom stereocenters. The number of ether oxygens (including phenoxy) is 1. The highest BCUT2D eigenvalue weighted by molar-refractivity contribution is 6.31. The number of amides is 1. The molecule has 0 radical (unpaired) electrons. The fraction of sp³-hybridized carbons (Fsp3) is 0.240. The van der Waals surface area contributed by atoms with Crippen molar-refractivity contribution in [2.75, 3.05) is 0 Å². The smallest absolute Gasteiger partial charge is 0.251 e.